The van der Waals surface area contributed by atoms with Crippen molar-refractivity contribution in [1.29, 1.82) is 0 Å². The monoisotopic (exact) mass is 478 g/mol. The van der Waals surface area contributed by atoms with Crippen LogP contribution in [0.25, 0.3) is 0 Å². The maximum Gasteiger partial charge on any atom is 0.255 e. The van der Waals surface area contributed by atoms with E-state index < -0.39 is 41.8 Å². The number of nitrogens with one attached hydrogen (secondary N) is 4. The molecule has 1 aromatic carbocycles. The highest BCUT2D eigenvalue weighted by Gasteiger charge is 2.28. The largest absolute Gasteiger partial charge is 0.493 e. The lowest BCUT2D eigenvalue weighted by Crippen LogP contribution is -2.53. The number of aliphatic hydroxyl groups excluding tert-OH is 1. The molecule has 4 amide bonds. The van der Waals surface area contributed by atoms with E-state index in [1.54, 1.807) is 24.3 Å². The van der Waals surface area contributed by atoms with Gasteiger partial charge < -0.3 is 35.8 Å². The van der Waals surface area contributed by atoms with E-state index in [0.29, 0.717) is 25.4 Å². The molecule has 5 N–H and O–H groups in total. The number of hydrogen-bond acceptors (Lipinski definition) is 7. The molecule has 1 heterocycles. The van der Waals surface area contributed by atoms with Crippen LogP contribution in [0.15, 0.2) is 24.3 Å². The Balaban J connectivity index is 2.22. The zero-order chi connectivity index (χ0) is 24.9. The number of amides is 4. The van der Waals surface area contributed by atoms with Gasteiger partial charge in [0.25, 0.3) is 5.91 Å². The van der Waals surface area contributed by atoms with Gasteiger partial charge in [0.2, 0.25) is 17.7 Å². The van der Waals surface area contributed by atoms with Crippen LogP contribution in [0.4, 0.5) is 0 Å². The fourth-order valence-corrected chi connectivity index (χ4v) is 3.30. The average molecular weight is 479 g/mol. The molecule has 1 aliphatic heterocycles. The van der Waals surface area contributed by atoms with Crippen molar-refractivity contribution in [3.63, 3.8) is 0 Å². The van der Waals surface area contributed by atoms with E-state index in [1.807, 2.05) is 6.92 Å². The molecule has 0 spiro atoms. The normalized spacial score (nSPS) is 21.2. The van der Waals surface area contributed by atoms with Gasteiger partial charge in [-0.25, -0.2) is 0 Å². The molecular weight excluding hydrogens is 444 g/mol. The number of hydrogen-bond donors (Lipinski definition) is 5. The van der Waals surface area contributed by atoms with Gasteiger partial charge in [-0.05, 0) is 38.8 Å². The molecule has 34 heavy (non-hydrogen) atoms. The molecule has 1 aliphatic rings. The van der Waals surface area contributed by atoms with Gasteiger partial charge >= 0.3 is 0 Å². The quantitative estimate of drug-likeness (QED) is 0.345. The van der Waals surface area contributed by atoms with Gasteiger partial charge in [-0.3, -0.25) is 19.2 Å². The lowest BCUT2D eigenvalue weighted by Gasteiger charge is -2.23. The van der Waals surface area contributed by atoms with Crippen LogP contribution in [0.2, 0.25) is 0 Å². The maximum atomic E-state index is 13.0. The van der Waals surface area contributed by atoms with E-state index in [4.69, 9.17) is 9.47 Å². The van der Waals surface area contributed by atoms with E-state index in [9.17, 15) is 24.3 Å². The average Bonchev–Trinajstić information content (AvgIpc) is 2.81. The van der Waals surface area contributed by atoms with Crippen molar-refractivity contribution in [1.82, 2.24) is 21.3 Å². The number of para-hydroxylation sites is 1. The zero-order valence-corrected chi connectivity index (χ0v) is 19.6. The van der Waals surface area contributed by atoms with Crippen LogP contribution in [-0.4, -0.2) is 79.8 Å². The van der Waals surface area contributed by atoms with Crippen LogP contribution in [-0.2, 0) is 19.1 Å². The summed E-state index contributed by atoms with van der Waals surface area (Å²) in [4.78, 5) is 50.6. The minimum atomic E-state index is -1.14. The van der Waals surface area contributed by atoms with Gasteiger partial charge in [0.05, 0.1) is 24.9 Å². The molecule has 0 aliphatic carbocycles. The number of fused-ring (bicyclic) bond motifs is 1. The Bertz CT molecular complexity index is 846. The van der Waals surface area contributed by atoms with E-state index in [0.717, 1.165) is 0 Å². The van der Waals surface area contributed by atoms with Crippen LogP contribution < -0.4 is 26.0 Å². The van der Waals surface area contributed by atoms with Crippen molar-refractivity contribution >= 4 is 23.6 Å². The van der Waals surface area contributed by atoms with E-state index in [-0.39, 0.29) is 38.1 Å². The van der Waals surface area contributed by atoms with Crippen molar-refractivity contribution in [3.05, 3.63) is 29.8 Å². The Kier molecular flexibility index (Phi) is 11.3. The fourth-order valence-electron chi connectivity index (χ4n) is 3.30. The lowest BCUT2D eigenvalue weighted by atomic mass is 10.1. The van der Waals surface area contributed by atoms with Crippen molar-refractivity contribution in [2.75, 3.05) is 32.9 Å². The number of carbonyl (C=O) groups excluding carboxylic acids is 4. The summed E-state index contributed by atoms with van der Waals surface area (Å²) in [5.41, 5.74) is 0.254. The summed E-state index contributed by atoms with van der Waals surface area (Å²) in [5, 5.41) is 20.5. The van der Waals surface area contributed by atoms with Gasteiger partial charge in [0.1, 0.15) is 17.8 Å². The van der Waals surface area contributed by atoms with Crippen LogP contribution in [0.5, 0.6) is 5.75 Å². The molecule has 0 bridgehead atoms. The first-order valence-electron chi connectivity index (χ1n) is 11.5. The number of benzene rings is 1. The highest BCUT2D eigenvalue weighted by molar-refractivity contribution is 5.99. The maximum absolute atomic E-state index is 13.0. The van der Waals surface area contributed by atoms with Crippen molar-refractivity contribution in [2.24, 2.45) is 0 Å². The lowest BCUT2D eigenvalue weighted by molar-refractivity contribution is -0.132. The van der Waals surface area contributed by atoms with Crippen molar-refractivity contribution in [2.45, 2.75) is 51.3 Å². The highest BCUT2D eigenvalue weighted by atomic mass is 16.5. The Morgan fingerprint density at radius 1 is 1.26 bits per heavy atom. The van der Waals surface area contributed by atoms with Gasteiger partial charge in [0.15, 0.2) is 0 Å². The molecule has 0 saturated heterocycles. The Hall–Kier alpha value is -3.18. The van der Waals surface area contributed by atoms with E-state index in [2.05, 4.69) is 21.3 Å². The summed E-state index contributed by atoms with van der Waals surface area (Å²) in [5.74, 6) is -1.69. The Morgan fingerprint density at radius 3 is 2.76 bits per heavy atom. The number of ether oxygens (including phenoxy) is 2. The third-order valence-corrected chi connectivity index (χ3v) is 5.12. The minimum Gasteiger partial charge on any atom is -0.493 e. The minimum absolute atomic E-state index is 0.0186. The van der Waals surface area contributed by atoms with Crippen LogP contribution in [0.1, 0.15) is 43.5 Å². The van der Waals surface area contributed by atoms with E-state index in [1.165, 1.54) is 6.92 Å². The Morgan fingerprint density at radius 2 is 2.03 bits per heavy atom. The second kappa shape index (κ2) is 14.2. The van der Waals surface area contributed by atoms with Crippen molar-refractivity contribution < 1.29 is 33.8 Å². The molecule has 3 atom stereocenters. The number of aliphatic hydroxyl groups is 1. The molecule has 0 fully saturated rings. The summed E-state index contributed by atoms with van der Waals surface area (Å²) < 4.78 is 10.9. The van der Waals surface area contributed by atoms with Gasteiger partial charge in [-0.2, -0.15) is 0 Å². The smallest absolute Gasteiger partial charge is 0.255 e. The third-order valence-electron chi connectivity index (χ3n) is 5.12. The predicted octanol–water partition coefficient (Wildman–Crippen LogP) is -0.518. The van der Waals surface area contributed by atoms with Gasteiger partial charge in [-0.15, -0.1) is 0 Å². The summed E-state index contributed by atoms with van der Waals surface area (Å²) in [7, 11) is 0. The molecule has 1 aromatic rings. The molecule has 0 radical (unpaired) electrons. The van der Waals surface area contributed by atoms with Crippen LogP contribution in [0.3, 0.4) is 0 Å². The molecule has 2 rings (SSSR count). The topological polar surface area (TPSA) is 155 Å². The summed E-state index contributed by atoms with van der Waals surface area (Å²) in [6, 6.07) is 4.47. The summed E-state index contributed by atoms with van der Waals surface area (Å²) >= 11 is 0. The number of carbonyl (C=O) groups is 4. The Labute approximate surface area is 198 Å². The van der Waals surface area contributed by atoms with Crippen molar-refractivity contribution in [3.8, 4) is 5.75 Å². The number of rotatable bonds is 6. The zero-order valence-electron chi connectivity index (χ0n) is 19.6. The molecule has 0 aromatic heterocycles. The second-order valence-corrected chi connectivity index (χ2v) is 7.83. The summed E-state index contributed by atoms with van der Waals surface area (Å²) in [6.07, 6.45) is -0.857. The van der Waals surface area contributed by atoms with Crippen LogP contribution >= 0.6 is 0 Å². The van der Waals surface area contributed by atoms with Gasteiger partial charge in [-0.1, -0.05) is 12.1 Å². The molecule has 11 heteroatoms. The summed E-state index contributed by atoms with van der Waals surface area (Å²) in [6.45, 7) is 4.78. The fraction of sp³-hybridized carbons (Fsp3) is 0.565. The molecular formula is C23H34N4O7. The first-order valence-corrected chi connectivity index (χ1v) is 11.5. The highest BCUT2D eigenvalue weighted by Crippen LogP contribution is 2.18. The van der Waals surface area contributed by atoms with Gasteiger partial charge in [0, 0.05) is 26.1 Å². The predicted molar refractivity (Wildman–Crippen MR) is 123 cm³/mol. The van der Waals surface area contributed by atoms with E-state index >= 15 is 0 Å². The SMILES string of the molecule is CCOCCNC(=O)[C@@H]1CCC(=O)N[C@@H]([C@@H](C)O)C(=O)NCCCOc2ccccc2C(=O)N1. The first kappa shape index (κ1) is 27.1. The standard InChI is InChI=1S/C23H34N4O7/c1-3-33-14-12-25-22(31)17-9-10-19(29)27-20(15(2)28)23(32)24-11-6-13-34-18-8-5-4-7-16(18)21(30)26-17/h4-5,7-8,15,17,20,28H,3,6,9-14H2,1-2H3,(H,24,32)(H,25,31)(H,26,30)(H,27,29)/t15-,17+,20+/m1/s1. The second-order valence-electron chi connectivity index (χ2n) is 7.83. The molecule has 0 saturated carbocycles. The molecule has 11 nitrogen and oxygen atoms in total. The third kappa shape index (κ3) is 8.64. The first-order chi connectivity index (χ1) is 16.3. The molecule has 0 unspecified atom stereocenters. The van der Waals surface area contributed by atoms with Crippen LogP contribution in [0, 0.1) is 0 Å². The molecule has 188 valence electrons.